The number of piperazine rings is 1. The van der Waals surface area contributed by atoms with Gasteiger partial charge in [-0.2, -0.15) is 13.2 Å². The molecule has 2 unspecified atom stereocenters. The lowest BCUT2D eigenvalue weighted by Gasteiger charge is -2.42. The lowest BCUT2D eigenvalue weighted by Crippen LogP contribution is -2.54. The predicted octanol–water partition coefficient (Wildman–Crippen LogP) is 7.17. The molecule has 1 saturated heterocycles. The van der Waals surface area contributed by atoms with E-state index in [4.69, 9.17) is 14.5 Å². The summed E-state index contributed by atoms with van der Waals surface area (Å²) in [6.07, 6.45) is -4.53. The van der Waals surface area contributed by atoms with Crippen LogP contribution in [-0.4, -0.2) is 85.6 Å². The van der Waals surface area contributed by atoms with Gasteiger partial charge in [-0.1, -0.05) is 38.1 Å². The minimum atomic E-state index is -4.74. The summed E-state index contributed by atoms with van der Waals surface area (Å²) in [5.74, 6) is 0.820. The zero-order valence-electron chi connectivity index (χ0n) is 33.2. The Morgan fingerprint density at radius 1 is 0.947 bits per heavy atom. The van der Waals surface area contributed by atoms with Gasteiger partial charge in [0.2, 0.25) is 15.0 Å². The number of rotatable bonds is 11. The average molecular weight is 811 g/mol. The molecule has 1 aliphatic carbocycles. The summed E-state index contributed by atoms with van der Waals surface area (Å²) in [5.41, 5.74) is 1.91. The van der Waals surface area contributed by atoms with E-state index < -0.39 is 38.7 Å². The Hall–Kier alpha value is -5.12. The molecule has 0 saturated carbocycles. The minimum Gasteiger partial charge on any atom is -0.497 e. The molecule has 6 rings (SSSR count). The molecule has 1 N–H and O–H groups in total. The summed E-state index contributed by atoms with van der Waals surface area (Å²) in [7, 11) is -0.794. The molecule has 3 heterocycles. The highest BCUT2D eigenvalue weighted by atomic mass is 32.2. The van der Waals surface area contributed by atoms with Crippen LogP contribution < -0.4 is 19.3 Å². The predicted molar refractivity (Wildman–Crippen MR) is 210 cm³/mol. The van der Waals surface area contributed by atoms with E-state index in [0.717, 1.165) is 17.4 Å². The molecule has 12 nitrogen and oxygen atoms in total. The van der Waals surface area contributed by atoms with Crippen LogP contribution in [0, 0.1) is 18.8 Å². The van der Waals surface area contributed by atoms with Crippen LogP contribution >= 0.6 is 0 Å². The van der Waals surface area contributed by atoms with E-state index in [1.165, 1.54) is 17.9 Å². The Morgan fingerprint density at radius 2 is 1.53 bits per heavy atom. The topological polar surface area (TPSA) is 138 Å². The average Bonchev–Trinajstić information content (AvgIpc) is 3.16. The standard InChI is InChI=1S/C41H49F3N6O6S/c1-24(2)31-19-33-34(45-39(57(7,53)54)47-38(33)50-17-16-48(40(51)52)21-26(50)4)20-32(31)37-36(41(42,43)44)25(3)18-35(46-37)49(22-27-8-12-29(55-5)13-9-27)23-28-10-14-30(56-6)15-11-28/h8-15,18,24,26,31-32H,16-17,19-23H2,1-7H3,(H,51,52)/t26-,31?,32?/m0/s1. The first-order valence-corrected chi connectivity index (χ1v) is 20.7. The third-order valence-electron chi connectivity index (χ3n) is 11.0. The summed E-state index contributed by atoms with van der Waals surface area (Å²) in [4.78, 5) is 30.9. The Balaban J connectivity index is 1.49. The van der Waals surface area contributed by atoms with Gasteiger partial charge in [0, 0.05) is 56.5 Å². The van der Waals surface area contributed by atoms with E-state index in [1.807, 2.05) is 79.1 Å². The van der Waals surface area contributed by atoms with E-state index in [0.29, 0.717) is 47.5 Å². The molecule has 2 aromatic carbocycles. The molecule has 16 heteroatoms. The lowest BCUT2D eigenvalue weighted by atomic mass is 9.70. The highest BCUT2D eigenvalue weighted by Crippen LogP contribution is 2.47. The van der Waals surface area contributed by atoms with Crippen LogP contribution in [-0.2, 0) is 41.9 Å². The van der Waals surface area contributed by atoms with Gasteiger partial charge in [0.15, 0.2) is 0 Å². The third kappa shape index (κ3) is 9.05. The third-order valence-corrected chi connectivity index (χ3v) is 11.9. The van der Waals surface area contributed by atoms with E-state index >= 15 is 13.2 Å². The number of benzene rings is 2. The summed E-state index contributed by atoms with van der Waals surface area (Å²) in [6.45, 7) is 8.49. The second-order valence-electron chi connectivity index (χ2n) is 15.3. The van der Waals surface area contributed by atoms with Gasteiger partial charge in [0.25, 0.3) is 0 Å². The van der Waals surface area contributed by atoms with Crippen molar-refractivity contribution in [2.45, 2.75) is 76.9 Å². The SMILES string of the molecule is COc1ccc(CN(Cc2ccc(OC)cc2)c2cc(C)c(C(F)(F)F)c(C3Cc4nc(S(C)(=O)=O)nc(N5CCN(C(=O)O)C[C@@H]5C)c4CC3C(C)C)n2)cc1. The molecule has 1 fully saturated rings. The van der Waals surface area contributed by atoms with Gasteiger partial charge < -0.3 is 29.3 Å². The highest BCUT2D eigenvalue weighted by molar-refractivity contribution is 7.90. The maximum absolute atomic E-state index is 15.3. The molecule has 1 amide bonds. The molecule has 2 aromatic heterocycles. The number of aromatic nitrogens is 3. The smallest absolute Gasteiger partial charge is 0.418 e. The van der Waals surface area contributed by atoms with Crippen molar-refractivity contribution < 1.29 is 41.0 Å². The molecule has 0 bridgehead atoms. The van der Waals surface area contributed by atoms with Crippen molar-refractivity contribution >= 4 is 27.6 Å². The number of carboxylic acid groups (broad SMARTS) is 1. The van der Waals surface area contributed by atoms with E-state index in [1.54, 1.807) is 14.2 Å². The van der Waals surface area contributed by atoms with Gasteiger partial charge >= 0.3 is 12.3 Å². The lowest BCUT2D eigenvalue weighted by molar-refractivity contribution is -0.139. The maximum Gasteiger partial charge on any atom is 0.418 e. The molecule has 0 radical (unpaired) electrons. The quantitative estimate of drug-likeness (QED) is 0.154. The van der Waals surface area contributed by atoms with Crippen LogP contribution in [0.5, 0.6) is 11.5 Å². The number of aryl methyl sites for hydroxylation is 1. The zero-order chi connectivity index (χ0) is 41.4. The Labute approximate surface area is 331 Å². The second-order valence-corrected chi connectivity index (χ2v) is 17.2. The number of carbonyl (C=O) groups is 1. The minimum absolute atomic E-state index is 0.00434. The fraction of sp³-hybridized carbons (Fsp3) is 0.463. The molecular weight excluding hydrogens is 762 g/mol. The number of amides is 1. The van der Waals surface area contributed by atoms with Gasteiger partial charge in [-0.3, -0.25) is 0 Å². The molecule has 0 spiro atoms. The summed E-state index contributed by atoms with van der Waals surface area (Å²) in [5, 5.41) is 9.21. The number of sulfone groups is 1. The monoisotopic (exact) mass is 810 g/mol. The Morgan fingerprint density at radius 3 is 2.00 bits per heavy atom. The molecule has 3 atom stereocenters. The van der Waals surface area contributed by atoms with Crippen LogP contribution in [0.3, 0.4) is 0 Å². The van der Waals surface area contributed by atoms with Crippen LogP contribution in [0.25, 0.3) is 0 Å². The first-order chi connectivity index (χ1) is 26.9. The molecule has 57 heavy (non-hydrogen) atoms. The highest BCUT2D eigenvalue weighted by Gasteiger charge is 2.44. The Bertz CT molecular complexity index is 2150. The second kappa shape index (κ2) is 16.4. The van der Waals surface area contributed by atoms with E-state index in [2.05, 4.69) is 9.97 Å². The van der Waals surface area contributed by atoms with Crippen LogP contribution in [0.2, 0.25) is 0 Å². The summed E-state index contributed by atoms with van der Waals surface area (Å²) >= 11 is 0. The number of fused-ring (bicyclic) bond motifs is 1. The first kappa shape index (κ1) is 41.5. The molecule has 306 valence electrons. The fourth-order valence-electron chi connectivity index (χ4n) is 8.06. The van der Waals surface area contributed by atoms with Gasteiger partial charge in [0.1, 0.15) is 23.1 Å². The van der Waals surface area contributed by atoms with Crippen molar-refractivity contribution in [2.75, 3.05) is 49.9 Å². The molecule has 2 aliphatic rings. The summed E-state index contributed by atoms with van der Waals surface area (Å²) < 4.78 is 82.6. The first-order valence-electron chi connectivity index (χ1n) is 18.8. The van der Waals surface area contributed by atoms with E-state index in [9.17, 15) is 18.3 Å². The number of hydrogen-bond donors (Lipinski definition) is 1. The number of nitrogens with zero attached hydrogens (tertiary/aromatic N) is 6. The fourth-order valence-corrected chi connectivity index (χ4v) is 8.59. The number of ether oxygens (including phenoxy) is 2. The largest absolute Gasteiger partial charge is 0.497 e. The number of methoxy groups -OCH3 is 2. The summed E-state index contributed by atoms with van der Waals surface area (Å²) in [6, 6.07) is 16.1. The van der Waals surface area contributed by atoms with Crippen LogP contribution in [0.15, 0.2) is 59.8 Å². The van der Waals surface area contributed by atoms with Crippen LogP contribution in [0.4, 0.5) is 29.6 Å². The molecule has 4 aromatic rings. The zero-order valence-corrected chi connectivity index (χ0v) is 34.0. The van der Waals surface area contributed by atoms with Crippen molar-refractivity contribution in [3.05, 3.63) is 93.8 Å². The van der Waals surface area contributed by atoms with Crippen molar-refractivity contribution in [3.8, 4) is 11.5 Å². The van der Waals surface area contributed by atoms with Crippen LogP contribution in [0.1, 0.15) is 65.9 Å². The number of halogens is 3. The Kier molecular flexibility index (Phi) is 11.9. The van der Waals surface area contributed by atoms with Gasteiger partial charge in [-0.15, -0.1) is 0 Å². The van der Waals surface area contributed by atoms with Crippen molar-refractivity contribution in [1.29, 1.82) is 0 Å². The van der Waals surface area contributed by atoms with Gasteiger partial charge in [-0.25, -0.2) is 28.2 Å². The number of anilines is 2. The van der Waals surface area contributed by atoms with Crippen molar-refractivity contribution in [3.63, 3.8) is 0 Å². The van der Waals surface area contributed by atoms with Gasteiger partial charge in [0.05, 0.1) is 31.2 Å². The van der Waals surface area contributed by atoms with E-state index in [-0.39, 0.29) is 61.6 Å². The maximum atomic E-state index is 15.3. The van der Waals surface area contributed by atoms with Gasteiger partial charge in [-0.05, 0) is 85.5 Å². The number of hydrogen-bond acceptors (Lipinski definition) is 10. The number of pyridine rings is 1. The molecular formula is C41H49F3N6O6S. The van der Waals surface area contributed by atoms with Crippen molar-refractivity contribution in [1.82, 2.24) is 19.9 Å². The normalized spacial score (nSPS) is 18.7. The van der Waals surface area contributed by atoms with Crippen molar-refractivity contribution in [2.24, 2.45) is 11.8 Å². The number of alkyl halides is 3. The molecule has 1 aliphatic heterocycles.